The van der Waals surface area contributed by atoms with Gasteiger partial charge in [-0.05, 0) is 37.5 Å². The Morgan fingerprint density at radius 1 is 1.28 bits per heavy atom. The molecule has 1 N–H and O–H groups in total. The largest absolute Gasteiger partial charge is 0.354 e. The molecule has 134 valence electrons. The lowest BCUT2D eigenvalue weighted by Gasteiger charge is -2.33. The summed E-state index contributed by atoms with van der Waals surface area (Å²) in [6.45, 7) is 1.25. The zero-order valence-electron chi connectivity index (χ0n) is 14.3. The monoisotopic (exact) mass is 361 g/mol. The molecule has 1 unspecified atom stereocenters. The number of aromatic nitrogens is 3. The van der Waals surface area contributed by atoms with Crippen LogP contribution in [0.15, 0.2) is 36.8 Å². The van der Waals surface area contributed by atoms with E-state index in [9.17, 15) is 8.42 Å². The Bertz CT molecular complexity index is 798. The lowest BCUT2D eigenvalue weighted by Crippen LogP contribution is -2.43. The van der Waals surface area contributed by atoms with E-state index in [0.717, 1.165) is 36.9 Å². The van der Waals surface area contributed by atoms with Crippen molar-refractivity contribution in [2.45, 2.75) is 31.7 Å². The van der Waals surface area contributed by atoms with Crippen LogP contribution >= 0.6 is 0 Å². The predicted molar refractivity (Wildman–Crippen MR) is 97.6 cm³/mol. The molecule has 0 amide bonds. The second-order valence-electron chi connectivity index (χ2n) is 6.25. The number of nitrogens with zero attached hydrogens (tertiary/aromatic N) is 4. The first kappa shape index (κ1) is 17.8. The van der Waals surface area contributed by atoms with Gasteiger partial charge in [0.1, 0.15) is 0 Å². The number of pyridine rings is 1. The summed E-state index contributed by atoms with van der Waals surface area (Å²) in [5.74, 6) is 0.545. The molecule has 0 saturated carbocycles. The van der Waals surface area contributed by atoms with Crippen LogP contribution in [0.3, 0.4) is 0 Å². The van der Waals surface area contributed by atoms with Crippen LogP contribution in [-0.4, -0.2) is 53.1 Å². The molecule has 1 aliphatic heterocycles. The summed E-state index contributed by atoms with van der Waals surface area (Å²) in [5, 5.41) is 3.21. The Hall–Kier alpha value is -2.06. The molecular weight excluding hydrogens is 338 g/mol. The molecule has 0 bridgehead atoms. The molecule has 3 heterocycles. The number of nitrogens with one attached hydrogen (secondary N) is 1. The number of hydrogen-bond donors (Lipinski definition) is 1. The predicted octanol–water partition coefficient (Wildman–Crippen LogP) is 2.15. The lowest BCUT2D eigenvalue weighted by atomic mass is 10.0. The fourth-order valence-corrected chi connectivity index (χ4v) is 4.38. The molecule has 1 fully saturated rings. The molecule has 3 rings (SSSR count). The average Bonchev–Trinajstić information content (AvgIpc) is 2.62. The van der Waals surface area contributed by atoms with Gasteiger partial charge in [-0.2, -0.15) is 4.31 Å². The Morgan fingerprint density at radius 2 is 2.16 bits per heavy atom. The number of hydrogen-bond acceptors (Lipinski definition) is 6. The molecule has 8 heteroatoms. The third-order valence-corrected chi connectivity index (χ3v) is 5.71. The summed E-state index contributed by atoms with van der Waals surface area (Å²) in [7, 11) is -3.15. The summed E-state index contributed by atoms with van der Waals surface area (Å²) in [6, 6.07) is 5.71. The van der Waals surface area contributed by atoms with E-state index >= 15 is 0 Å². The van der Waals surface area contributed by atoms with Gasteiger partial charge in [-0.25, -0.2) is 18.4 Å². The Kier molecular flexibility index (Phi) is 5.60. The highest BCUT2D eigenvalue weighted by atomic mass is 32.2. The standard InChI is InChI=1S/C17H23N5O2S/c1-25(23,24)22-12-3-2-6-15(22)7-10-19-17-20-11-8-16(21-17)14-5-4-9-18-13-14/h4-5,8-9,11,13,15H,2-3,6-7,10,12H2,1H3,(H,19,20,21). The maximum Gasteiger partial charge on any atom is 0.223 e. The van der Waals surface area contributed by atoms with Crippen molar-refractivity contribution < 1.29 is 8.42 Å². The van der Waals surface area contributed by atoms with Crippen LogP contribution in [0.4, 0.5) is 5.95 Å². The van der Waals surface area contributed by atoms with Crippen LogP contribution in [0.5, 0.6) is 0 Å². The molecule has 0 spiro atoms. The fourth-order valence-electron chi connectivity index (χ4n) is 3.17. The van der Waals surface area contributed by atoms with Gasteiger partial charge in [0.25, 0.3) is 0 Å². The van der Waals surface area contributed by atoms with Crippen molar-refractivity contribution in [3.8, 4) is 11.3 Å². The zero-order chi connectivity index (χ0) is 17.7. The summed E-state index contributed by atoms with van der Waals surface area (Å²) < 4.78 is 25.4. The highest BCUT2D eigenvalue weighted by Gasteiger charge is 2.28. The van der Waals surface area contributed by atoms with E-state index in [0.29, 0.717) is 19.0 Å². The van der Waals surface area contributed by atoms with Gasteiger partial charge in [-0.15, -0.1) is 0 Å². The number of sulfonamides is 1. The molecule has 1 saturated heterocycles. The lowest BCUT2D eigenvalue weighted by molar-refractivity contribution is 0.246. The van der Waals surface area contributed by atoms with Gasteiger partial charge in [0.05, 0.1) is 11.9 Å². The third-order valence-electron chi connectivity index (χ3n) is 4.37. The summed E-state index contributed by atoms with van der Waals surface area (Å²) in [5.41, 5.74) is 1.74. The Morgan fingerprint density at radius 3 is 2.92 bits per heavy atom. The SMILES string of the molecule is CS(=O)(=O)N1CCCCC1CCNc1nccc(-c2cccnc2)n1. The number of anilines is 1. The summed E-state index contributed by atoms with van der Waals surface area (Å²) in [4.78, 5) is 12.8. The molecule has 2 aromatic rings. The van der Waals surface area contributed by atoms with Gasteiger partial charge in [-0.3, -0.25) is 4.98 Å². The van der Waals surface area contributed by atoms with E-state index in [1.54, 1.807) is 22.9 Å². The first-order valence-corrected chi connectivity index (χ1v) is 10.3. The Labute approximate surface area is 148 Å². The second kappa shape index (κ2) is 7.88. The van der Waals surface area contributed by atoms with E-state index in [-0.39, 0.29) is 6.04 Å². The van der Waals surface area contributed by atoms with Crippen LogP contribution in [0.25, 0.3) is 11.3 Å². The molecule has 0 radical (unpaired) electrons. The average molecular weight is 361 g/mol. The van der Waals surface area contributed by atoms with Gasteiger partial charge in [0.2, 0.25) is 16.0 Å². The minimum Gasteiger partial charge on any atom is -0.354 e. The molecule has 2 aromatic heterocycles. The van der Waals surface area contributed by atoms with Crippen LogP contribution < -0.4 is 5.32 Å². The topological polar surface area (TPSA) is 88.1 Å². The van der Waals surface area contributed by atoms with Gasteiger partial charge >= 0.3 is 0 Å². The summed E-state index contributed by atoms with van der Waals surface area (Å²) >= 11 is 0. The van der Waals surface area contributed by atoms with E-state index in [4.69, 9.17) is 0 Å². The highest BCUT2D eigenvalue weighted by molar-refractivity contribution is 7.88. The molecule has 0 aromatic carbocycles. The highest BCUT2D eigenvalue weighted by Crippen LogP contribution is 2.22. The maximum atomic E-state index is 11.9. The van der Waals surface area contributed by atoms with Gasteiger partial charge < -0.3 is 5.32 Å². The van der Waals surface area contributed by atoms with Crippen LogP contribution in [0, 0.1) is 0 Å². The minimum atomic E-state index is -3.15. The first-order chi connectivity index (χ1) is 12.0. The molecule has 0 aliphatic carbocycles. The van der Waals surface area contributed by atoms with Crippen LogP contribution in [-0.2, 0) is 10.0 Å². The first-order valence-electron chi connectivity index (χ1n) is 8.48. The van der Waals surface area contributed by atoms with Crippen molar-refractivity contribution in [1.82, 2.24) is 19.3 Å². The van der Waals surface area contributed by atoms with E-state index in [2.05, 4.69) is 20.3 Å². The number of rotatable bonds is 6. The van der Waals surface area contributed by atoms with Crippen molar-refractivity contribution in [2.24, 2.45) is 0 Å². The van der Waals surface area contributed by atoms with Crippen molar-refractivity contribution in [3.05, 3.63) is 36.8 Å². The molecule has 1 atom stereocenters. The quantitative estimate of drug-likeness (QED) is 0.848. The molecule has 7 nitrogen and oxygen atoms in total. The normalized spacial score (nSPS) is 18.8. The fraction of sp³-hybridized carbons (Fsp3) is 0.471. The molecular formula is C17H23N5O2S. The van der Waals surface area contributed by atoms with Crippen LogP contribution in [0.1, 0.15) is 25.7 Å². The molecule has 25 heavy (non-hydrogen) atoms. The van der Waals surface area contributed by atoms with Crippen LogP contribution in [0.2, 0.25) is 0 Å². The van der Waals surface area contributed by atoms with Gasteiger partial charge in [-0.1, -0.05) is 6.42 Å². The van der Waals surface area contributed by atoms with Crippen molar-refractivity contribution in [2.75, 3.05) is 24.7 Å². The smallest absolute Gasteiger partial charge is 0.223 e. The zero-order valence-corrected chi connectivity index (χ0v) is 15.1. The van der Waals surface area contributed by atoms with Crippen molar-refractivity contribution >= 4 is 16.0 Å². The van der Waals surface area contributed by atoms with Gasteiger partial charge in [0, 0.05) is 43.3 Å². The van der Waals surface area contributed by atoms with Crippen molar-refractivity contribution in [1.29, 1.82) is 0 Å². The number of piperidine rings is 1. The van der Waals surface area contributed by atoms with E-state index in [1.165, 1.54) is 6.26 Å². The maximum absolute atomic E-state index is 11.9. The molecule has 1 aliphatic rings. The second-order valence-corrected chi connectivity index (χ2v) is 8.18. The minimum absolute atomic E-state index is 0.0535. The van der Waals surface area contributed by atoms with Crippen molar-refractivity contribution in [3.63, 3.8) is 0 Å². The Balaban J connectivity index is 1.60. The van der Waals surface area contributed by atoms with E-state index in [1.807, 2.05) is 18.2 Å². The summed E-state index contributed by atoms with van der Waals surface area (Å²) in [6.07, 6.45) is 10.1. The van der Waals surface area contributed by atoms with Gasteiger partial charge in [0.15, 0.2) is 0 Å². The third kappa shape index (κ3) is 4.73. The van der Waals surface area contributed by atoms with E-state index < -0.39 is 10.0 Å².